The first kappa shape index (κ1) is 25.3. The van der Waals surface area contributed by atoms with E-state index in [0.29, 0.717) is 0 Å². The summed E-state index contributed by atoms with van der Waals surface area (Å²) in [6.45, 7) is 7.81. The van der Waals surface area contributed by atoms with Crippen molar-refractivity contribution in [2.24, 2.45) is 0 Å². The number of rotatable bonds is 4. The van der Waals surface area contributed by atoms with Crippen LogP contribution in [0.3, 0.4) is 0 Å². The number of carboxylic acids is 1. The monoisotopic (exact) mass is 487 g/mol. The molecule has 1 spiro atoms. The van der Waals surface area contributed by atoms with Crippen LogP contribution in [0, 0.1) is 6.92 Å². The number of carbonyl (C=O) groups is 1. The number of piperidine rings is 1. The SMILES string of the molecule is COc1ccc(N2CCCC3(CN(Cc4csc(C)n4)CCO3)C2)cc1.O=C(O)C(F)(F)F. The van der Waals surface area contributed by atoms with Crippen LogP contribution in [-0.4, -0.2) is 72.6 Å². The van der Waals surface area contributed by atoms with Crippen LogP contribution in [-0.2, 0) is 16.1 Å². The summed E-state index contributed by atoms with van der Waals surface area (Å²) >= 11 is 1.73. The van der Waals surface area contributed by atoms with Gasteiger partial charge in [-0.2, -0.15) is 13.2 Å². The molecule has 1 aromatic heterocycles. The van der Waals surface area contributed by atoms with E-state index in [1.54, 1.807) is 18.4 Å². The molecule has 0 radical (unpaired) electrons. The zero-order valence-electron chi connectivity index (χ0n) is 18.6. The molecule has 1 N–H and O–H groups in total. The van der Waals surface area contributed by atoms with Crippen LogP contribution in [0.25, 0.3) is 0 Å². The van der Waals surface area contributed by atoms with Gasteiger partial charge >= 0.3 is 12.1 Å². The van der Waals surface area contributed by atoms with Crippen LogP contribution in [0.1, 0.15) is 23.5 Å². The second-order valence-corrected chi connectivity index (χ2v) is 9.19. The quantitative estimate of drug-likeness (QED) is 0.700. The lowest BCUT2D eigenvalue weighted by Crippen LogP contribution is -2.59. The van der Waals surface area contributed by atoms with Crippen molar-refractivity contribution in [3.8, 4) is 5.75 Å². The fraction of sp³-hybridized carbons (Fsp3) is 0.545. The number of aromatic nitrogens is 1. The lowest BCUT2D eigenvalue weighted by molar-refractivity contribution is -0.192. The van der Waals surface area contributed by atoms with Gasteiger partial charge in [0.2, 0.25) is 0 Å². The first-order chi connectivity index (χ1) is 15.6. The molecule has 2 fully saturated rings. The number of thiazole rings is 1. The first-order valence-corrected chi connectivity index (χ1v) is 11.4. The molecule has 2 aliphatic rings. The van der Waals surface area contributed by atoms with Crippen LogP contribution in [0.5, 0.6) is 5.75 Å². The maximum atomic E-state index is 10.6. The Morgan fingerprint density at radius 3 is 2.55 bits per heavy atom. The van der Waals surface area contributed by atoms with Gasteiger partial charge < -0.3 is 19.5 Å². The Kier molecular flexibility index (Phi) is 8.19. The van der Waals surface area contributed by atoms with Gasteiger partial charge in [0, 0.05) is 43.8 Å². The Balaban J connectivity index is 0.000000383. The fourth-order valence-electron chi connectivity index (χ4n) is 4.13. The van der Waals surface area contributed by atoms with Crippen LogP contribution < -0.4 is 9.64 Å². The van der Waals surface area contributed by atoms with Crippen LogP contribution in [0.15, 0.2) is 29.6 Å². The molecule has 0 amide bonds. The molecule has 3 heterocycles. The van der Waals surface area contributed by atoms with Gasteiger partial charge in [-0.3, -0.25) is 4.90 Å². The zero-order valence-corrected chi connectivity index (χ0v) is 19.4. The number of benzene rings is 1. The highest BCUT2D eigenvalue weighted by atomic mass is 32.1. The molecule has 2 aliphatic heterocycles. The van der Waals surface area contributed by atoms with E-state index in [4.69, 9.17) is 19.4 Å². The number of hydrogen-bond acceptors (Lipinski definition) is 7. The number of aryl methyl sites for hydroxylation is 1. The van der Waals surface area contributed by atoms with E-state index in [2.05, 4.69) is 39.2 Å². The number of anilines is 1. The Morgan fingerprint density at radius 2 is 1.97 bits per heavy atom. The Hall–Kier alpha value is -2.37. The number of aliphatic carboxylic acids is 1. The maximum absolute atomic E-state index is 10.6. The van der Waals surface area contributed by atoms with Crippen molar-refractivity contribution in [3.63, 3.8) is 0 Å². The van der Waals surface area contributed by atoms with Gasteiger partial charge in [0.1, 0.15) is 5.75 Å². The van der Waals surface area contributed by atoms with Gasteiger partial charge in [-0.05, 0) is 44.0 Å². The van der Waals surface area contributed by atoms with Gasteiger partial charge in [-0.1, -0.05) is 0 Å². The Labute approximate surface area is 194 Å². The molecular weight excluding hydrogens is 459 g/mol. The lowest BCUT2D eigenvalue weighted by atomic mass is 9.90. The highest BCUT2D eigenvalue weighted by Crippen LogP contribution is 2.32. The molecule has 11 heteroatoms. The molecule has 0 bridgehead atoms. The average Bonchev–Trinajstić information content (AvgIpc) is 3.18. The smallest absolute Gasteiger partial charge is 0.490 e. The third-order valence-corrected chi connectivity index (χ3v) is 6.42. The largest absolute Gasteiger partial charge is 0.497 e. The molecule has 1 unspecified atom stereocenters. The summed E-state index contributed by atoms with van der Waals surface area (Å²) in [5, 5.41) is 10.5. The topological polar surface area (TPSA) is 75.1 Å². The van der Waals surface area contributed by atoms with E-state index >= 15 is 0 Å². The number of carboxylic acid groups (broad SMARTS) is 1. The molecule has 1 aromatic carbocycles. The summed E-state index contributed by atoms with van der Waals surface area (Å²) in [6.07, 6.45) is -2.79. The molecule has 2 aromatic rings. The molecule has 33 heavy (non-hydrogen) atoms. The van der Waals surface area contributed by atoms with Gasteiger partial charge in [0.05, 0.1) is 30.0 Å². The summed E-state index contributed by atoms with van der Waals surface area (Å²) in [4.78, 5) is 18.5. The molecule has 182 valence electrons. The molecular formula is C22H28F3N3O4S. The minimum absolute atomic E-state index is 0.0680. The number of halogens is 3. The highest BCUT2D eigenvalue weighted by molar-refractivity contribution is 7.09. The summed E-state index contributed by atoms with van der Waals surface area (Å²) in [7, 11) is 1.71. The standard InChI is InChI=1S/C20H27N3O2S.C2HF3O2/c1-16-21-17(13-26-16)12-22-10-11-25-20(14-22)8-3-9-23(15-20)18-4-6-19(24-2)7-5-18;3-2(4,5)1(6)7/h4-7,13H,3,8-12,14-15H2,1-2H3;(H,6,7). The minimum Gasteiger partial charge on any atom is -0.497 e. The lowest BCUT2D eigenvalue weighted by Gasteiger charge is -2.48. The van der Waals surface area contributed by atoms with Crippen LogP contribution in [0.4, 0.5) is 18.9 Å². The second kappa shape index (κ2) is 10.7. The summed E-state index contributed by atoms with van der Waals surface area (Å²) in [5.74, 6) is -1.85. The molecule has 0 aliphatic carbocycles. The average molecular weight is 488 g/mol. The predicted octanol–water partition coefficient (Wildman–Crippen LogP) is 3.96. The van der Waals surface area contributed by atoms with Crippen LogP contribution in [0.2, 0.25) is 0 Å². The maximum Gasteiger partial charge on any atom is 0.490 e. The normalized spacial score (nSPS) is 21.4. The van der Waals surface area contributed by atoms with Crippen molar-refractivity contribution >= 4 is 23.0 Å². The highest BCUT2D eigenvalue weighted by Gasteiger charge is 2.41. The minimum atomic E-state index is -5.08. The van der Waals surface area contributed by atoms with Gasteiger partial charge in [-0.15, -0.1) is 11.3 Å². The van der Waals surface area contributed by atoms with Crippen molar-refractivity contribution in [2.75, 3.05) is 44.8 Å². The second-order valence-electron chi connectivity index (χ2n) is 8.13. The molecule has 0 saturated carbocycles. The van der Waals surface area contributed by atoms with Gasteiger partial charge in [0.15, 0.2) is 0 Å². The van der Waals surface area contributed by atoms with Gasteiger partial charge in [0.25, 0.3) is 0 Å². The Morgan fingerprint density at radius 1 is 1.27 bits per heavy atom. The third kappa shape index (κ3) is 7.05. The zero-order chi connectivity index (χ0) is 24.1. The molecule has 4 rings (SSSR count). The van der Waals surface area contributed by atoms with Crippen LogP contribution >= 0.6 is 11.3 Å². The summed E-state index contributed by atoms with van der Waals surface area (Å²) in [5.41, 5.74) is 2.37. The number of methoxy groups -OCH3 is 1. The van der Waals surface area contributed by atoms with Crippen molar-refractivity contribution in [1.82, 2.24) is 9.88 Å². The first-order valence-electron chi connectivity index (χ1n) is 10.6. The number of morpholine rings is 1. The number of hydrogen-bond donors (Lipinski definition) is 1. The van der Waals surface area contributed by atoms with E-state index < -0.39 is 12.1 Å². The van der Waals surface area contributed by atoms with Crippen molar-refractivity contribution in [2.45, 2.75) is 38.1 Å². The van der Waals surface area contributed by atoms with E-state index in [1.807, 2.05) is 12.1 Å². The number of alkyl halides is 3. The van der Waals surface area contributed by atoms with E-state index in [9.17, 15) is 13.2 Å². The fourth-order valence-corrected chi connectivity index (χ4v) is 4.73. The number of nitrogens with zero attached hydrogens (tertiary/aromatic N) is 3. The van der Waals surface area contributed by atoms with Crippen molar-refractivity contribution in [3.05, 3.63) is 40.3 Å². The summed E-state index contributed by atoms with van der Waals surface area (Å²) < 4.78 is 43.4. The molecule has 2 saturated heterocycles. The number of ether oxygens (including phenoxy) is 2. The summed E-state index contributed by atoms with van der Waals surface area (Å²) in [6, 6.07) is 8.37. The third-order valence-electron chi connectivity index (χ3n) is 5.60. The van der Waals surface area contributed by atoms with E-state index in [1.165, 1.54) is 11.4 Å². The molecule has 7 nitrogen and oxygen atoms in total. The predicted molar refractivity (Wildman–Crippen MR) is 119 cm³/mol. The van der Waals surface area contributed by atoms with E-state index in [0.717, 1.165) is 62.9 Å². The van der Waals surface area contributed by atoms with Crippen molar-refractivity contribution in [1.29, 1.82) is 0 Å². The van der Waals surface area contributed by atoms with E-state index in [-0.39, 0.29) is 5.60 Å². The van der Waals surface area contributed by atoms with Gasteiger partial charge in [-0.25, -0.2) is 9.78 Å². The Bertz CT molecular complexity index is 918. The van der Waals surface area contributed by atoms with Crippen molar-refractivity contribution < 1.29 is 32.5 Å². The molecule has 1 atom stereocenters.